The largest absolute Gasteiger partial charge is 0.316 e. The van der Waals surface area contributed by atoms with Crippen molar-refractivity contribution in [3.63, 3.8) is 0 Å². The third-order valence-electron chi connectivity index (χ3n) is 3.54. The monoisotopic (exact) mass is 302 g/mol. The molecule has 0 unspecified atom stereocenters. The first-order valence-corrected chi connectivity index (χ1v) is 8.68. The average molecular weight is 302 g/mol. The summed E-state index contributed by atoms with van der Waals surface area (Å²) in [5.41, 5.74) is 3.77. The molecule has 0 radical (unpaired) electrons. The molecule has 2 nitrogen and oxygen atoms in total. The lowest BCUT2D eigenvalue weighted by molar-refractivity contribution is 0.554. The molecule has 0 aliphatic heterocycles. The molecule has 114 valence electrons. The van der Waals surface area contributed by atoms with Crippen LogP contribution < -0.4 is 5.32 Å². The quantitative estimate of drug-likeness (QED) is 0.763. The maximum atomic E-state index is 4.83. The summed E-state index contributed by atoms with van der Waals surface area (Å²) in [6.45, 7) is 10.9. The molecule has 1 N–H and O–H groups in total. The number of thiazole rings is 1. The molecule has 0 amide bonds. The summed E-state index contributed by atoms with van der Waals surface area (Å²) in [4.78, 5) is 6.15. The maximum absolute atomic E-state index is 4.83. The first-order chi connectivity index (χ1) is 10.1. The van der Waals surface area contributed by atoms with Gasteiger partial charge in [-0.3, -0.25) is 0 Å². The van der Waals surface area contributed by atoms with E-state index >= 15 is 0 Å². The molecule has 2 rings (SSSR count). The van der Waals surface area contributed by atoms with Crippen molar-refractivity contribution in [3.05, 3.63) is 39.7 Å². The minimum absolute atomic E-state index is 0.704. The van der Waals surface area contributed by atoms with E-state index in [9.17, 15) is 0 Å². The molecule has 0 bridgehead atoms. The Morgan fingerprint density at radius 2 is 1.90 bits per heavy atom. The molecule has 2 aromatic rings. The number of aryl methyl sites for hydroxylation is 2. The van der Waals surface area contributed by atoms with Crippen molar-refractivity contribution in [3.8, 4) is 11.3 Å². The van der Waals surface area contributed by atoms with Crippen LogP contribution in [0.25, 0.3) is 11.3 Å². The molecule has 1 heterocycles. The number of nitrogens with one attached hydrogen (secondary N) is 1. The Hall–Kier alpha value is -1.19. The molecule has 0 aliphatic rings. The maximum Gasteiger partial charge on any atom is 0.0948 e. The van der Waals surface area contributed by atoms with Crippen LogP contribution in [0.3, 0.4) is 0 Å². The zero-order chi connectivity index (χ0) is 15.2. The fraction of sp³-hybridized carbons (Fsp3) is 0.500. The van der Waals surface area contributed by atoms with Crippen LogP contribution in [0.4, 0.5) is 0 Å². The highest BCUT2D eigenvalue weighted by atomic mass is 32.1. The number of rotatable bonds is 7. The van der Waals surface area contributed by atoms with E-state index in [1.54, 1.807) is 0 Å². The Kier molecular flexibility index (Phi) is 5.95. The van der Waals surface area contributed by atoms with Gasteiger partial charge < -0.3 is 5.32 Å². The SMILES string of the molecule is CCc1ccc(-c2nc(CCNCC(C)C)sc2C)cc1. The van der Waals surface area contributed by atoms with E-state index in [0.29, 0.717) is 5.92 Å². The van der Waals surface area contributed by atoms with Gasteiger partial charge in [0.15, 0.2) is 0 Å². The number of hydrogen-bond acceptors (Lipinski definition) is 3. The minimum Gasteiger partial charge on any atom is -0.316 e. The predicted octanol–water partition coefficient (Wildman–Crippen LogP) is 4.47. The molecular weight excluding hydrogens is 276 g/mol. The van der Waals surface area contributed by atoms with Crippen LogP contribution in [0.1, 0.15) is 36.2 Å². The molecule has 1 aromatic carbocycles. The molecule has 1 aromatic heterocycles. The van der Waals surface area contributed by atoms with E-state index in [-0.39, 0.29) is 0 Å². The van der Waals surface area contributed by atoms with E-state index in [1.165, 1.54) is 21.0 Å². The topological polar surface area (TPSA) is 24.9 Å². The normalized spacial score (nSPS) is 11.3. The Balaban J connectivity index is 2.01. The highest BCUT2D eigenvalue weighted by Crippen LogP contribution is 2.28. The zero-order valence-corrected chi connectivity index (χ0v) is 14.4. The summed E-state index contributed by atoms with van der Waals surface area (Å²) >= 11 is 1.83. The van der Waals surface area contributed by atoms with E-state index in [4.69, 9.17) is 4.98 Å². The summed E-state index contributed by atoms with van der Waals surface area (Å²) in [6.07, 6.45) is 2.11. The van der Waals surface area contributed by atoms with Gasteiger partial charge in [0, 0.05) is 23.4 Å². The van der Waals surface area contributed by atoms with E-state index in [1.807, 2.05) is 11.3 Å². The number of aromatic nitrogens is 1. The molecule has 0 saturated carbocycles. The van der Waals surface area contributed by atoms with Gasteiger partial charge in [-0.2, -0.15) is 0 Å². The fourth-order valence-corrected chi connectivity index (χ4v) is 3.27. The van der Waals surface area contributed by atoms with Gasteiger partial charge in [-0.1, -0.05) is 45.0 Å². The van der Waals surface area contributed by atoms with Crippen LogP contribution in [0.15, 0.2) is 24.3 Å². The smallest absolute Gasteiger partial charge is 0.0948 e. The van der Waals surface area contributed by atoms with E-state index in [0.717, 1.165) is 31.6 Å². The van der Waals surface area contributed by atoms with Crippen LogP contribution in [0.2, 0.25) is 0 Å². The van der Waals surface area contributed by atoms with Crippen molar-refractivity contribution in [1.82, 2.24) is 10.3 Å². The van der Waals surface area contributed by atoms with Crippen LogP contribution in [-0.4, -0.2) is 18.1 Å². The molecule has 0 atom stereocenters. The fourth-order valence-electron chi connectivity index (χ4n) is 2.31. The lowest BCUT2D eigenvalue weighted by Gasteiger charge is -2.05. The number of hydrogen-bond donors (Lipinski definition) is 1. The summed E-state index contributed by atoms with van der Waals surface area (Å²) in [6, 6.07) is 8.80. The average Bonchev–Trinajstić information content (AvgIpc) is 2.84. The van der Waals surface area contributed by atoms with Crippen LogP contribution in [-0.2, 0) is 12.8 Å². The first-order valence-electron chi connectivity index (χ1n) is 7.86. The van der Waals surface area contributed by atoms with Crippen molar-refractivity contribution < 1.29 is 0 Å². The second-order valence-corrected chi connectivity index (χ2v) is 7.20. The highest BCUT2D eigenvalue weighted by Gasteiger charge is 2.09. The Bertz CT molecular complexity index is 555. The zero-order valence-electron chi connectivity index (χ0n) is 13.6. The van der Waals surface area contributed by atoms with Crippen LogP contribution in [0.5, 0.6) is 0 Å². The van der Waals surface area contributed by atoms with Crippen molar-refractivity contribution in [2.45, 2.75) is 40.5 Å². The molecule has 0 aliphatic carbocycles. The molecule has 21 heavy (non-hydrogen) atoms. The second-order valence-electron chi connectivity index (χ2n) is 5.91. The van der Waals surface area contributed by atoms with Gasteiger partial charge in [-0.25, -0.2) is 4.98 Å². The Morgan fingerprint density at radius 3 is 2.52 bits per heavy atom. The van der Waals surface area contributed by atoms with E-state index < -0.39 is 0 Å². The van der Waals surface area contributed by atoms with Crippen LogP contribution >= 0.6 is 11.3 Å². The Morgan fingerprint density at radius 1 is 1.19 bits per heavy atom. The van der Waals surface area contributed by atoms with Crippen molar-refractivity contribution >= 4 is 11.3 Å². The molecule has 3 heteroatoms. The van der Waals surface area contributed by atoms with Gasteiger partial charge in [-0.15, -0.1) is 11.3 Å². The Labute approximate surface area is 132 Å². The molecule has 0 saturated heterocycles. The van der Waals surface area contributed by atoms with Gasteiger partial charge in [-0.05, 0) is 31.4 Å². The standard InChI is InChI=1S/C18H26N2S/c1-5-15-6-8-16(9-7-15)18-14(4)21-17(20-18)10-11-19-12-13(2)3/h6-9,13,19H,5,10-12H2,1-4H3. The van der Waals surface area contributed by atoms with Crippen molar-refractivity contribution in [2.75, 3.05) is 13.1 Å². The van der Waals surface area contributed by atoms with Gasteiger partial charge in [0.1, 0.15) is 0 Å². The van der Waals surface area contributed by atoms with Crippen LogP contribution in [0, 0.1) is 12.8 Å². The lowest BCUT2D eigenvalue weighted by atomic mass is 10.1. The predicted molar refractivity (Wildman–Crippen MR) is 93.1 cm³/mol. The van der Waals surface area contributed by atoms with Gasteiger partial charge in [0.05, 0.1) is 10.7 Å². The van der Waals surface area contributed by atoms with Crippen molar-refractivity contribution in [1.29, 1.82) is 0 Å². The third kappa shape index (κ3) is 4.65. The number of nitrogens with zero attached hydrogens (tertiary/aromatic N) is 1. The summed E-state index contributed by atoms with van der Waals surface area (Å²) < 4.78 is 0. The molecular formula is C18H26N2S. The van der Waals surface area contributed by atoms with Gasteiger partial charge in [0.2, 0.25) is 0 Å². The first kappa shape index (κ1) is 16.2. The van der Waals surface area contributed by atoms with Gasteiger partial charge >= 0.3 is 0 Å². The summed E-state index contributed by atoms with van der Waals surface area (Å²) in [5, 5.41) is 4.72. The number of benzene rings is 1. The second kappa shape index (κ2) is 7.71. The summed E-state index contributed by atoms with van der Waals surface area (Å²) in [5.74, 6) is 0.704. The molecule has 0 spiro atoms. The van der Waals surface area contributed by atoms with Crippen molar-refractivity contribution in [2.24, 2.45) is 5.92 Å². The molecule has 0 fully saturated rings. The summed E-state index contributed by atoms with van der Waals surface area (Å²) in [7, 11) is 0. The van der Waals surface area contributed by atoms with Gasteiger partial charge in [0.25, 0.3) is 0 Å². The third-order valence-corrected chi connectivity index (χ3v) is 4.58. The lowest BCUT2D eigenvalue weighted by Crippen LogP contribution is -2.22. The van der Waals surface area contributed by atoms with E-state index in [2.05, 4.69) is 57.3 Å². The highest BCUT2D eigenvalue weighted by molar-refractivity contribution is 7.12. The minimum atomic E-state index is 0.704.